The molecule has 1 aliphatic heterocycles. The molecule has 5 nitrogen and oxygen atoms in total. The molecule has 2 rings (SSSR count). The van der Waals surface area contributed by atoms with E-state index in [-0.39, 0.29) is 47.9 Å². The van der Waals surface area contributed by atoms with Crippen LogP contribution in [0.2, 0.25) is 0 Å². The summed E-state index contributed by atoms with van der Waals surface area (Å²) in [4.78, 5) is 6.73. The van der Waals surface area contributed by atoms with Crippen molar-refractivity contribution in [2.75, 3.05) is 26.2 Å². The van der Waals surface area contributed by atoms with E-state index in [1.54, 1.807) is 0 Å². The highest BCUT2D eigenvalue weighted by Gasteiger charge is 2.20. The van der Waals surface area contributed by atoms with E-state index in [0.29, 0.717) is 12.5 Å². The van der Waals surface area contributed by atoms with Crippen molar-refractivity contribution in [3.63, 3.8) is 0 Å². The number of hydrogen-bond acceptors (Lipinski definition) is 3. The van der Waals surface area contributed by atoms with Crippen molar-refractivity contribution in [2.45, 2.75) is 45.9 Å². The summed E-state index contributed by atoms with van der Waals surface area (Å²) in [6.45, 7) is 8.26. The number of rotatable bonds is 8. The number of nitrogens with one attached hydrogen (secondary N) is 2. The lowest BCUT2D eigenvalue weighted by Crippen LogP contribution is -2.48. The molecule has 0 amide bonds. The van der Waals surface area contributed by atoms with Crippen molar-refractivity contribution in [3.05, 3.63) is 41.7 Å². The van der Waals surface area contributed by atoms with Crippen molar-refractivity contribution in [3.8, 4) is 5.75 Å². The Labute approximate surface area is 187 Å². The summed E-state index contributed by atoms with van der Waals surface area (Å²) in [7, 11) is 0. The van der Waals surface area contributed by atoms with Crippen LogP contribution in [0, 0.1) is 5.82 Å². The van der Waals surface area contributed by atoms with Gasteiger partial charge in [0.2, 0.25) is 0 Å². The summed E-state index contributed by atoms with van der Waals surface area (Å²) in [5.41, 5.74) is 1.16. The molecule has 2 N–H and O–H groups in total. The average molecular weight is 526 g/mol. The topological polar surface area (TPSA) is 48.9 Å². The number of ether oxygens (including phenoxy) is 1. The molecular weight excluding hydrogens is 496 g/mol. The first-order valence-electron chi connectivity index (χ1n) is 9.52. The van der Waals surface area contributed by atoms with Gasteiger partial charge in [0.15, 0.2) is 5.96 Å². The average Bonchev–Trinajstić information content (AvgIpc) is 2.62. The Kier molecular flexibility index (Phi) is 11.4. The van der Waals surface area contributed by atoms with Crippen LogP contribution in [0.4, 0.5) is 13.2 Å². The Hall–Kier alpha value is -1.49. The van der Waals surface area contributed by atoms with Gasteiger partial charge in [0, 0.05) is 32.2 Å². The van der Waals surface area contributed by atoms with Gasteiger partial charge < -0.3 is 15.4 Å². The second kappa shape index (κ2) is 12.9. The lowest BCUT2D eigenvalue weighted by Gasteiger charge is -2.33. The first-order chi connectivity index (χ1) is 13.4. The maximum atomic E-state index is 14.1. The van der Waals surface area contributed by atoms with Crippen LogP contribution in [0.1, 0.15) is 32.3 Å². The molecule has 0 atom stereocenters. The van der Waals surface area contributed by atoms with Gasteiger partial charge in [-0.15, -0.1) is 24.0 Å². The van der Waals surface area contributed by atoms with Crippen LogP contribution in [-0.4, -0.2) is 49.7 Å². The summed E-state index contributed by atoms with van der Waals surface area (Å²) in [5, 5.41) is 6.48. The van der Waals surface area contributed by atoms with E-state index < -0.39 is 12.4 Å². The van der Waals surface area contributed by atoms with Crippen molar-refractivity contribution < 1.29 is 17.9 Å². The summed E-state index contributed by atoms with van der Waals surface area (Å²) < 4.78 is 43.6. The third kappa shape index (κ3) is 8.81. The van der Waals surface area contributed by atoms with Gasteiger partial charge in [0.1, 0.15) is 11.6 Å². The smallest absolute Gasteiger partial charge is 0.387 e. The SMILES string of the molecule is C=C(C)CN1CCC(NC(=NCc2c(F)cccc2OC(F)F)NCC)CC1.I. The largest absolute Gasteiger partial charge is 0.434 e. The van der Waals surface area contributed by atoms with Gasteiger partial charge in [0.25, 0.3) is 0 Å². The number of likely N-dealkylation sites (tertiary alicyclic amines) is 1. The van der Waals surface area contributed by atoms with Crippen LogP contribution in [0.15, 0.2) is 35.3 Å². The zero-order valence-corrected chi connectivity index (χ0v) is 19.2. The molecule has 29 heavy (non-hydrogen) atoms. The van der Waals surface area contributed by atoms with Gasteiger partial charge in [-0.3, -0.25) is 4.90 Å². The maximum Gasteiger partial charge on any atom is 0.387 e. The number of piperidine rings is 1. The Bertz CT molecular complexity index is 680. The summed E-state index contributed by atoms with van der Waals surface area (Å²) >= 11 is 0. The summed E-state index contributed by atoms with van der Waals surface area (Å²) in [6.07, 6.45) is 1.91. The maximum absolute atomic E-state index is 14.1. The Morgan fingerprint density at radius 3 is 2.62 bits per heavy atom. The Morgan fingerprint density at radius 1 is 1.34 bits per heavy atom. The first-order valence-corrected chi connectivity index (χ1v) is 9.52. The predicted molar refractivity (Wildman–Crippen MR) is 121 cm³/mol. The molecule has 0 aliphatic carbocycles. The number of aliphatic imine (C=N–C) groups is 1. The molecule has 9 heteroatoms. The zero-order valence-electron chi connectivity index (χ0n) is 16.9. The molecule has 1 fully saturated rings. The van der Waals surface area contributed by atoms with Crippen molar-refractivity contribution in [1.82, 2.24) is 15.5 Å². The molecule has 1 aromatic carbocycles. The minimum Gasteiger partial charge on any atom is -0.434 e. The molecule has 0 saturated carbocycles. The standard InChI is InChI=1S/C20H29F3N4O.HI/c1-4-24-20(26-15-8-10-27(11-9-15)13-14(2)3)25-12-16-17(21)6-5-7-18(16)28-19(22)23;/h5-7,15,19H,2,4,8-13H2,1,3H3,(H2,24,25,26);1H. The molecule has 0 spiro atoms. The van der Waals surface area contributed by atoms with E-state index in [4.69, 9.17) is 0 Å². The number of benzene rings is 1. The molecule has 1 saturated heterocycles. The van der Waals surface area contributed by atoms with Crippen molar-refractivity contribution in [2.24, 2.45) is 4.99 Å². The number of halogens is 4. The highest BCUT2D eigenvalue weighted by molar-refractivity contribution is 14.0. The highest BCUT2D eigenvalue weighted by atomic mass is 127. The molecule has 0 radical (unpaired) electrons. The fraction of sp³-hybridized carbons (Fsp3) is 0.550. The van der Waals surface area contributed by atoms with E-state index in [0.717, 1.165) is 38.0 Å². The zero-order chi connectivity index (χ0) is 20.5. The number of alkyl halides is 2. The van der Waals surface area contributed by atoms with Gasteiger partial charge in [-0.05, 0) is 38.8 Å². The van der Waals surface area contributed by atoms with Crippen LogP contribution in [0.5, 0.6) is 5.75 Å². The summed E-state index contributed by atoms with van der Waals surface area (Å²) in [6, 6.07) is 4.11. The fourth-order valence-corrected chi connectivity index (χ4v) is 3.19. The van der Waals surface area contributed by atoms with Crippen LogP contribution < -0.4 is 15.4 Å². The minimum atomic E-state index is -3.01. The second-order valence-corrected chi connectivity index (χ2v) is 6.94. The van der Waals surface area contributed by atoms with Gasteiger partial charge in [0.05, 0.1) is 12.1 Å². The molecule has 1 heterocycles. The van der Waals surface area contributed by atoms with Gasteiger partial charge in [-0.1, -0.05) is 18.2 Å². The monoisotopic (exact) mass is 526 g/mol. The minimum absolute atomic E-state index is 0. The number of guanidine groups is 1. The predicted octanol–water partition coefficient (Wildman–Crippen LogP) is 4.14. The quantitative estimate of drug-likeness (QED) is 0.232. The van der Waals surface area contributed by atoms with Crippen molar-refractivity contribution in [1.29, 1.82) is 0 Å². The molecule has 0 unspecified atom stereocenters. The van der Waals surface area contributed by atoms with Crippen LogP contribution in [0.25, 0.3) is 0 Å². The molecule has 0 bridgehead atoms. The van der Waals surface area contributed by atoms with Crippen LogP contribution >= 0.6 is 24.0 Å². The third-order valence-electron chi connectivity index (χ3n) is 4.45. The second-order valence-electron chi connectivity index (χ2n) is 6.94. The number of nitrogens with zero attached hydrogens (tertiary/aromatic N) is 2. The van der Waals surface area contributed by atoms with Crippen LogP contribution in [-0.2, 0) is 6.54 Å². The first kappa shape index (κ1) is 25.5. The highest BCUT2D eigenvalue weighted by Crippen LogP contribution is 2.24. The van der Waals surface area contributed by atoms with Gasteiger partial charge in [-0.2, -0.15) is 8.78 Å². The molecule has 1 aromatic rings. The Balaban J connectivity index is 0.00000420. The molecule has 0 aromatic heterocycles. The van der Waals surface area contributed by atoms with Gasteiger partial charge in [-0.25, -0.2) is 9.38 Å². The lowest BCUT2D eigenvalue weighted by molar-refractivity contribution is -0.0506. The third-order valence-corrected chi connectivity index (χ3v) is 4.45. The normalized spacial score (nSPS) is 15.7. The fourth-order valence-electron chi connectivity index (χ4n) is 3.19. The van der Waals surface area contributed by atoms with E-state index >= 15 is 0 Å². The molecule has 1 aliphatic rings. The van der Waals surface area contributed by atoms with Crippen molar-refractivity contribution >= 4 is 29.9 Å². The van der Waals surface area contributed by atoms with E-state index in [1.165, 1.54) is 18.2 Å². The summed E-state index contributed by atoms with van der Waals surface area (Å²) in [5.74, 6) is -0.277. The van der Waals surface area contributed by atoms with Gasteiger partial charge >= 0.3 is 6.61 Å². The molecule has 164 valence electrons. The van der Waals surface area contributed by atoms with E-state index in [1.807, 2.05) is 13.8 Å². The lowest BCUT2D eigenvalue weighted by atomic mass is 10.0. The molecular formula is C20H30F3IN4O. The van der Waals surface area contributed by atoms with E-state index in [2.05, 4.69) is 31.8 Å². The van der Waals surface area contributed by atoms with E-state index in [9.17, 15) is 13.2 Å². The number of hydrogen-bond donors (Lipinski definition) is 2. The Morgan fingerprint density at radius 2 is 2.03 bits per heavy atom. The van der Waals surface area contributed by atoms with Crippen LogP contribution in [0.3, 0.4) is 0 Å².